The second kappa shape index (κ2) is 7.50. The van der Waals surface area contributed by atoms with E-state index in [0.717, 1.165) is 43.3 Å². The summed E-state index contributed by atoms with van der Waals surface area (Å²) >= 11 is 0. The van der Waals surface area contributed by atoms with Crippen LogP contribution in [0.15, 0.2) is 34.1 Å². The van der Waals surface area contributed by atoms with Crippen LogP contribution in [-0.2, 0) is 25.7 Å². The first-order valence-corrected chi connectivity index (χ1v) is 9.45. The molecule has 1 aromatic heterocycles. The normalized spacial score (nSPS) is 17.9. The van der Waals surface area contributed by atoms with Gasteiger partial charge in [-0.25, -0.2) is 4.98 Å². The van der Waals surface area contributed by atoms with Crippen molar-refractivity contribution in [3.63, 3.8) is 0 Å². The molecule has 0 atom stereocenters. The number of benzene rings is 1. The molecule has 0 fully saturated rings. The van der Waals surface area contributed by atoms with Crippen molar-refractivity contribution >= 4 is 5.71 Å². The van der Waals surface area contributed by atoms with E-state index in [2.05, 4.69) is 15.0 Å². The van der Waals surface area contributed by atoms with E-state index in [1.54, 1.807) is 6.07 Å². The zero-order valence-electron chi connectivity index (χ0n) is 15.4. The number of hydrogen-bond acceptors (Lipinski definition) is 4. The molecule has 2 aliphatic heterocycles. The van der Waals surface area contributed by atoms with Crippen LogP contribution in [0.4, 0.5) is 13.2 Å². The van der Waals surface area contributed by atoms with E-state index in [9.17, 15) is 18.0 Å². The highest BCUT2D eigenvalue weighted by Crippen LogP contribution is 2.32. The average molecular weight is 390 g/mol. The van der Waals surface area contributed by atoms with Crippen molar-refractivity contribution in [1.82, 2.24) is 14.9 Å². The van der Waals surface area contributed by atoms with E-state index in [4.69, 9.17) is 0 Å². The molecule has 5 nitrogen and oxygen atoms in total. The molecule has 2 aliphatic rings. The molecule has 4 rings (SSSR count). The Morgan fingerprint density at radius 2 is 1.96 bits per heavy atom. The summed E-state index contributed by atoms with van der Waals surface area (Å²) in [6, 6.07) is 5.58. The first-order valence-electron chi connectivity index (χ1n) is 9.45. The van der Waals surface area contributed by atoms with Crippen molar-refractivity contribution in [2.24, 2.45) is 4.99 Å². The molecular weight excluding hydrogens is 369 g/mol. The topological polar surface area (TPSA) is 61.4 Å². The van der Waals surface area contributed by atoms with Gasteiger partial charge in [0.15, 0.2) is 5.82 Å². The molecule has 0 aliphatic carbocycles. The molecule has 0 unspecified atom stereocenters. The van der Waals surface area contributed by atoms with Gasteiger partial charge in [-0.1, -0.05) is 18.2 Å². The first-order chi connectivity index (χ1) is 13.4. The van der Waals surface area contributed by atoms with Gasteiger partial charge in [-0.05, 0) is 30.9 Å². The van der Waals surface area contributed by atoms with Gasteiger partial charge < -0.3 is 4.98 Å². The maximum Gasteiger partial charge on any atom is 0.416 e. The summed E-state index contributed by atoms with van der Waals surface area (Å²) in [5.74, 6) is 0.541. The van der Waals surface area contributed by atoms with Gasteiger partial charge in [0.1, 0.15) is 0 Å². The molecule has 0 spiro atoms. The second-order valence-electron chi connectivity index (χ2n) is 7.24. The maximum absolute atomic E-state index is 13.2. The smallest absolute Gasteiger partial charge is 0.305 e. The van der Waals surface area contributed by atoms with Gasteiger partial charge in [0.2, 0.25) is 0 Å². The van der Waals surface area contributed by atoms with E-state index in [-0.39, 0.29) is 24.2 Å². The molecule has 0 radical (unpaired) electrons. The number of hydrogen-bond donors (Lipinski definition) is 1. The predicted molar refractivity (Wildman–Crippen MR) is 99.4 cm³/mol. The van der Waals surface area contributed by atoms with Crippen molar-refractivity contribution in [3.05, 3.63) is 62.8 Å². The summed E-state index contributed by atoms with van der Waals surface area (Å²) in [5, 5.41) is 0. The number of aromatic nitrogens is 2. The Morgan fingerprint density at radius 3 is 2.71 bits per heavy atom. The highest BCUT2D eigenvalue weighted by Gasteiger charge is 2.33. The summed E-state index contributed by atoms with van der Waals surface area (Å²) in [6.45, 7) is 1.74. The van der Waals surface area contributed by atoms with Gasteiger partial charge in [-0.2, -0.15) is 13.2 Å². The highest BCUT2D eigenvalue weighted by molar-refractivity contribution is 5.97. The lowest BCUT2D eigenvalue weighted by Crippen LogP contribution is -2.36. The lowest BCUT2D eigenvalue weighted by molar-refractivity contribution is -0.138. The zero-order valence-corrected chi connectivity index (χ0v) is 15.4. The van der Waals surface area contributed by atoms with Gasteiger partial charge in [0, 0.05) is 32.6 Å². The number of nitrogens with zero attached hydrogens (tertiary/aromatic N) is 3. The number of rotatable bonds is 3. The Bertz CT molecular complexity index is 965. The molecule has 0 saturated carbocycles. The third-order valence-corrected chi connectivity index (χ3v) is 5.26. The summed E-state index contributed by atoms with van der Waals surface area (Å²) in [6.07, 6.45) is -0.964. The van der Waals surface area contributed by atoms with Crippen LogP contribution in [0.25, 0.3) is 0 Å². The molecule has 3 heterocycles. The fourth-order valence-corrected chi connectivity index (χ4v) is 3.82. The van der Waals surface area contributed by atoms with E-state index in [1.807, 2.05) is 4.90 Å². The number of aromatic amines is 1. The van der Waals surface area contributed by atoms with Crippen LogP contribution in [-0.4, -0.2) is 33.7 Å². The van der Waals surface area contributed by atoms with Gasteiger partial charge in [-0.15, -0.1) is 0 Å². The molecule has 0 saturated heterocycles. The monoisotopic (exact) mass is 390 g/mol. The van der Waals surface area contributed by atoms with Crippen LogP contribution < -0.4 is 5.56 Å². The highest BCUT2D eigenvalue weighted by atomic mass is 19.4. The van der Waals surface area contributed by atoms with Crippen molar-refractivity contribution in [1.29, 1.82) is 0 Å². The molecule has 1 N–H and O–H groups in total. The van der Waals surface area contributed by atoms with Gasteiger partial charge in [-0.3, -0.25) is 14.7 Å². The second-order valence-corrected chi connectivity index (χ2v) is 7.24. The van der Waals surface area contributed by atoms with E-state index >= 15 is 0 Å². The number of alkyl halides is 3. The number of nitrogens with one attached hydrogen (secondary N) is 1. The quantitative estimate of drug-likeness (QED) is 0.875. The lowest BCUT2D eigenvalue weighted by atomic mass is 10.0. The molecule has 1 aromatic carbocycles. The largest absolute Gasteiger partial charge is 0.416 e. The van der Waals surface area contributed by atoms with Crippen molar-refractivity contribution in [3.8, 4) is 0 Å². The van der Waals surface area contributed by atoms with Crippen LogP contribution >= 0.6 is 0 Å². The summed E-state index contributed by atoms with van der Waals surface area (Å²) in [7, 11) is 0. The molecule has 148 valence electrons. The van der Waals surface area contributed by atoms with E-state index in [1.165, 1.54) is 12.1 Å². The minimum absolute atomic E-state index is 0.142. The van der Waals surface area contributed by atoms with Crippen LogP contribution in [0.2, 0.25) is 0 Å². The first kappa shape index (κ1) is 18.9. The minimum Gasteiger partial charge on any atom is -0.305 e. The number of fused-ring (bicyclic) bond motifs is 1. The molecule has 8 heteroatoms. The Kier molecular flexibility index (Phi) is 5.05. The minimum atomic E-state index is -4.39. The molecule has 0 bridgehead atoms. The van der Waals surface area contributed by atoms with Crippen molar-refractivity contribution < 1.29 is 13.2 Å². The Morgan fingerprint density at radius 1 is 1.14 bits per heavy atom. The van der Waals surface area contributed by atoms with Crippen molar-refractivity contribution in [2.75, 3.05) is 13.1 Å². The Labute approximate surface area is 160 Å². The average Bonchev–Trinajstić information content (AvgIpc) is 2.68. The van der Waals surface area contributed by atoms with E-state index in [0.29, 0.717) is 24.4 Å². The van der Waals surface area contributed by atoms with Gasteiger partial charge in [0.05, 0.1) is 22.5 Å². The standard InChI is InChI=1S/C20H21F3N4O/c21-20(22,23)15-6-2-1-5-13(15)11-27-10-8-16-14(12-27)19(28)26-18(25-16)17-7-3-4-9-24-17/h1-2,5-6H,3-4,7-12H2,(H,25,26,28). The van der Waals surface area contributed by atoms with Crippen LogP contribution in [0.5, 0.6) is 0 Å². The van der Waals surface area contributed by atoms with Crippen molar-refractivity contribution in [2.45, 2.75) is 44.9 Å². The lowest BCUT2D eigenvalue weighted by Gasteiger charge is -2.28. The SMILES string of the molecule is O=c1[nH]c(C2=NCCCC2)nc2c1CN(Cc1ccccc1C(F)(F)F)CC2. The Balaban J connectivity index is 1.56. The molecule has 0 amide bonds. The van der Waals surface area contributed by atoms with Crippen LogP contribution in [0.3, 0.4) is 0 Å². The van der Waals surface area contributed by atoms with Crippen LogP contribution in [0, 0.1) is 0 Å². The van der Waals surface area contributed by atoms with Crippen LogP contribution in [0.1, 0.15) is 47.5 Å². The fourth-order valence-electron chi connectivity index (χ4n) is 3.82. The zero-order chi connectivity index (χ0) is 19.7. The van der Waals surface area contributed by atoms with E-state index < -0.39 is 11.7 Å². The molecule has 2 aromatic rings. The number of halogens is 3. The maximum atomic E-state index is 13.2. The molecular formula is C20H21F3N4O. The number of H-pyrrole nitrogens is 1. The summed E-state index contributed by atoms with van der Waals surface area (Å²) < 4.78 is 39.7. The summed E-state index contributed by atoms with van der Waals surface area (Å²) in [5.41, 5.74) is 1.48. The predicted octanol–water partition coefficient (Wildman–Crippen LogP) is 3.32. The Hall–Kier alpha value is -2.48. The molecule has 28 heavy (non-hydrogen) atoms. The third kappa shape index (κ3) is 3.87. The summed E-state index contributed by atoms with van der Waals surface area (Å²) in [4.78, 5) is 26.3. The van der Waals surface area contributed by atoms with Gasteiger partial charge >= 0.3 is 6.18 Å². The number of aliphatic imine (C=N–C) groups is 1. The third-order valence-electron chi connectivity index (χ3n) is 5.26. The fraction of sp³-hybridized carbons (Fsp3) is 0.450. The van der Waals surface area contributed by atoms with Gasteiger partial charge in [0.25, 0.3) is 5.56 Å².